The Morgan fingerprint density at radius 3 is 2.42 bits per heavy atom. The molecule has 2 aromatic rings. The van der Waals surface area contributed by atoms with Gasteiger partial charge < -0.3 is 10.1 Å². The highest BCUT2D eigenvalue weighted by molar-refractivity contribution is 7.93. The fraction of sp³-hybridized carbons (Fsp3) is 0.318. The van der Waals surface area contributed by atoms with Crippen molar-refractivity contribution in [3.63, 3.8) is 0 Å². The second-order valence-electron chi connectivity index (χ2n) is 7.50. The zero-order valence-corrected chi connectivity index (χ0v) is 18.3. The zero-order chi connectivity index (χ0) is 22.8. The summed E-state index contributed by atoms with van der Waals surface area (Å²) >= 11 is 0. The van der Waals surface area contributed by atoms with Crippen LogP contribution in [0.5, 0.6) is 5.75 Å². The molecule has 0 fully saturated rings. The van der Waals surface area contributed by atoms with Gasteiger partial charge in [0.05, 0.1) is 11.4 Å². The molecule has 0 atom stereocenters. The fourth-order valence-corrected chi connectivity index (χ4v) is 4.80. The van der Waals surface area contributed by atoms with Crippen LogP contribution in [-0.2, 0) is 21.2 Å². The molecular formula is C22H24F2N2O4S. The van der Waals surface area contributed by atoms with Crippen LogP contribution in [0.25, 0.3) is 6.08 Å². The van der Waals surface area contributed by atoms with E-state index in [4.69, 9.17) is 0 Å². The first-order chi connectivity index (χ1) is 14.5. The van der Waals surface area contributed by atoms with E-state index in [1.54, 1.807) is 0 Å². The number of alkyl halides is 2. The lowest BCUT2D eigenvalue weighted by molar-refractivity contribution is -0.115. The third-order valence-electron chi connectivity index (χ3n) is 5.01. The van der Waals surface area contributed by atoms with Crippen molar-refractivity contribution < 1.29 is 26.7 Å². The number of benzene rings is 2. The molecule has 0 saturated heterocycles. The van der Waals surface area contributed by atoms with E-state index in [-0.39, 0.29) is 17.1 Å². The van der Waals surface area contributed by atoms with Gasteiger partial charge >= 0.3 is 6.61 Å². The lowest BCUT2D eigenvalue weighted by atomic mass is 9.97. The van der Waals surface area contributed by atoms with Gasteiger partial charge in [0, 0.05) is 5.69 Å². The molecule has 2 aromatic carbocycles. The zero-order valence-electron chi connectivity index (χ0n) is 17.5. The predicted octanol–water partition coefficient (Wildman–Crippen LogP) is 4.06. The number of carbonyl (C=O) groups is 1. The molecule has 0 bridgehead atoms. The number of sulfonamides is 1. The highest BCUT2D eigenvalue weighted by Crippen LogP contribution is 2.30. The molecule has 1 amide bonds. The van der Waals surface area contributed by atoms with Gasteiger partial charge in [0.15, 0.2) is 0 Å². The summed E-state index contributed by atoms with van der Waals surface area (Å²) in [5.74, 6) is -0.436. The largest absolute Gasteiger partial charge is 0.435 e. The quantitative estimate of drug-likeness (QED) is 0.666. The van der Waals surface area contributed by atoms with Gasteiger partial charge in [0.1, 0.15) is 5.75 Å². The molecule has 0 saturated carbocycles. The molecule has 9 heteroatoms. The van der Waals surface area contributed by atoms with Crippen LogP contribution in [0.4, 0.5) is 14.5 Å². The number of fused-ring (bicyclic) bond motifs is 1. The van der Waals surface area contributed by atoms with Crippen molar-refractivity contribution >= 4 is 27.7 Å². The number of ether oxygens (including phenoxy) is 1. The number of rotatable bonds is 7. The summed E-state index contributed by atoms with van der Waals surface area (Å²) in [5.41, 5.74) is 4.88. The SMILES string of the molecule is Cc1cc(C)c(NC(=O)CNS(=O)(=O)C2=Cc3ccc(OC(F)F)cc3CC2)c(C)c1. The van der Waals surface area contributed by atoms with Crippen molar-refractivity contribution in [3.8, 4) is 5.75 Å². The first-order valence-electron chi connectivity index (χ1n) is 9.71. The predicted molar refractivity (Wildman–Crippen MR) is 116 cm³/mol. The minimum absolute atomic E-state index is 0.0324. The van der Waals surface area contributed by atoms with Gasteiger partial charge in [-0.25, -0.2) is 13.1 Å². The molecular weight excluding hydrogens is 426 g/mol. The van der Waals surface area contributed by atoms with Crippen LogP contribution in [0.3, 0.4) is 0 Å². The summed E-state index contributed by atoms with van der Waals surface area (Å²) in [6.07, 6.45) is 2.04. The summed E-state index contributed by atoms with van der Waals surface area (Å²) < 4.78 is 56.8. The van der Waals surface area contributed by atoms with Gasteiger partial charge in [0.2, 0.25) is 15.9 Å². The molecule has 2 N–H and O–H groups in total. The lowest BCUT2D eigenvalue weighted by Crippen LogP contribution is -2.34. The molecule has 1 aliphatic carbocycles. The van der Waals surface area contributed by atoms with E-state index in [2.05, 4.69) is 14.8 Å². The van der Waals surface area contributed by atoms with Crippen molar-refractivity contribution in [3.05, 3.63) is 63.1 Å². The third-order valence-corrected chi connectivity index (χ3v) is 6.54. The van der Waals surface area contributed by atoms with Crippen molar-refractivity contribution in [1.82, 2.24) is 4.72 Å². The molecule has 0 unspecified atom stereocenters. The van der Waals surface area contributed by atoms with E-state index in [1.807, 2.05) is 32.9 Å². The maximum absolute atomic E-state index is 12.7. The number of hydrogen-bond donors (Lipinski definition) is 2. The fourth-order valence-electron chi connectivity index (χ4n) is 3.65. The molecule has 3 rings (SSSR count). The summed E-state index contributed by atoms with van der Waals surface area (Å²) in [5, 5.41) is 2.76. The minimum atomic E-state index is -3.87. The highest BCUT2D eigenvalue weighted by Gasteiger charge is 2.23. The summed E-state index contributed by atoms with van der Waals surface area (Å²) in [6, 6.07) is 8.26. The molecule has 0 radical (unpaired) electrons. The number of anilines is 1. The smallest absolute Gasteiger partial charge is 0.387 e. The van der Waals surface area contributed by atoms with E-state index in [1.165, 1.54) is 24.3 Å². The number of aryl methyl sites for hydroxylation is 4. The molecule has 31 heavy (non-hydrogen) atoms. The first-order valence-corrected chi connectivity index (χ1v) is 11.2. The molecule has 1 aliphatic rings. The van der Waals surface area contributed by atoms with Crippen molar-refractivity contribution in [2.45, 2.75) is 40.2 Å². The number of allylic oxidation sites excluding steroid dienone is 1. The van der Waals surface area contributed by atoms with E-state index in [0.29, 0.717) is 17.7 Å². The molecule has 0 heterocycles. The average molecular weight is 451 g/mol. The van der Waals surface area contributed by atoms with Crippen LogP contribution in [-0.4, -0.2) is 27.5 Å². The monoisotopic (exact) mass is 450 g/mol. The topological polar surface area (TPSA) is 84.5 Å². The summed E-state index contributed by atoms with van der Waals surface area (Å²) in [4.78, 5) is 12.5. The highest BCUT2D eigenvalue weighted by atomic mass is 32.2. The Labute approximate surface area is 180 Å². The molecule has 6 nitrogen and oxygen atoms in total. The van der Waals surface area contributed by atoms with Gasteiger partial charge in [-0.3, -0.25) is 4.79 Å². The van der Waals surface area contributed by atoms with Crippen molar-refractivity contribution in [1.29, 1.82) is 0 Å². The molecule has 0 aromatic heterocycles. The molecule has 0 spiro atoms. The average Bonchev–Trinajstić information content (AvgIpc) is 2.68. The van der Waals surface area contributed by atoms with Crippen LogP contribution in [0, 0.1) is 20.8 Å². The maximum atomic E-state index is 12.7. The number of carbonyl (C=O) groups excluding carboxylic acids is 1. The first kappa shape index (κ1) is 22.9. The summed E-state index contributed by atoms with van der Waals surface area (Å²) in [7, 11) is -3.87. The Morgan fingerprint density at radius 2 is 1.77 bits per heavy atom. The Kier molecular flexibility index (Phi) is 6.76. The molecule has 0 aliphatic heterocycles. The number of amides is 1. The summed E-state index contributed by atoms with van der Waals surface area (Å²) in [6.45, 7) is 2.39. The lowest BCUT2D eigenvalue weighted by Gasteiger charge is -2.18. The van der Waals surface area contributed by atoms with Gasteiger partial charge in [0.25, 0.3) is 0 Å². The van der Waals surface area contributed by atoms with Gasteiger partial charge in [-0.2, -0.15) is 8.78 Å². The van der Waals surface area contributed by atoms with Crippen molar-refractivity contribution in [2.75, 3.05) is 11.9 Å². The third kappa shape index (κ3) is 5.68. The Bertz CT molecular complexity index is 1120. The number of hydrogen-bond acceptors (Lipinski definition) is 4. The maximum Gasteiger partial charge on any atom is 0.387 e. The number of nitrogens with one attached hydrogen (secondary N) is 2. The van der Waals surface area contributed by atoms with Crippen LogP contribution in [0.15, 0.2) is 35.2 Å². The van der Waals surface area contributed by atoms with E-state index in [0.717, 1.165) is 22.3 Å². The second kappa shape index (κ2) is 9.15. The van der Waals surface area contributed by atoms with E-state index < -0.39 is 29.1 Å². The van der Waals surface area contributed by atoms with Gasteiger partial charge in [-0.15, -0.1) is 0 Å². The van der Waals surface area contributed by atoms with Crippen LogP contribution in [0.1, 0.15) is 34.2 Å². The van der Waals surface area contributed by atoms with Crippen LogP contribution in [0.2, 0.25) is 0 Å². The molecule has 166 valence electrons. The normalized spacial score (nSPS) is 13.5. The van der Waals surface area contributed by atoms with E-state index in [9.17, 15) is 22.0 Å². The van der Waals surface area contributed by atoms with Crippen molar-refractivity contribution in [2.24, 2.45) is 0 Å². The Hall–Kier alpha value is -2.78. The van der Waals surface area contributed by atoms with Crippen LogP contribution >= 0.6 is 0 Å². The van der Waals surface area contributed by atoms with Crippen LogP contribution < -0.4 is 14.8 Å². The van der Waals surface area contributed by atoms with E-state index >= 15 is 0 Å². The Morgan fingerprint density at radius 1 is 1.10 bits per heavy atom. The second-order valence-corrected chi connectivity index (χ2v) is 9.32. The Balaban J connectivity index is 1.67. The number of halogens is 2. The standard InChI is InChI=1S/C22H24F2N2O4S/c1-13-8-14(2)21(15(3)9-13)26-20(27)12-25-31(28,29)19-7-5-16-10-18(30-22(23)24)6-4-17(16)11-19/h4,6,8-11,22,25H,5,7,12H2,1-3H3,(H,26,27). The van der Waals surface area contributed by atoms with Gasteiger partial charge in [-0.1, -0.05) is 23.8 Å². The van der Waals surface area contributed by atoms with Gasteiger partial charge in [-0.05, 0) is 74.1 Å². The minimum Gasteiger partial charge on any atom is -0.435 e.